The summed E-state index contributed by atoms with van der Waals surface area (Å²) in [5.41, 5.74) is 1.34. The zero-order valence-corrected chi connectivity index (χ0v) is 13.8. The molecule has 118 valence electrons. The Labute approximate surface area is 129 Å². The van der Waals surface area contributed by atoms with Crippen molar-refractivity contribution in [3.8, 4) is 5.75 Å². The van der Waals surface area contributed by atoms with E-state index in [2.05, 4.69) is 55.4 Å². The van der Waals surface area contributed by atoms with Crippen molar-refractivity contribution in [3.63, 3.8) is 0 Å². The van der Waals surface area contributed by atoms with Crippen LogP contribution >= 0.6 is 0 Å². The van der Waals surface area contributed by atoms with E-state index >= 15 is 0 Å². The van der Waals surface area contributed by atoms with Crippen LogP contribution in [0, 0.1) is 0 Å². The molecule has 1 atom stereocenters. The Balaban J connectivity index is 1.96. The fourth-order valence-corrected chi connectivity index (χ4v) is 2.92. The predicted molar refractivity (Wildman–Crippen MR) is 88.9 cm³/mol. The fourth-order valence-electron chi connectivity index (χ4n) is 2.92. The van der Waals surface area contributed by atoms with E-state index in [0.717, 1.165) is 44.6 Å². The number of ether oxygens (including phenoxy) is 1. The van der Waals surface area contributed by atoms with E-state index < -0.39 is 0 Å². The van der Waals surface area contributed by atoms with Crippen molar-refractivity contribution < 1.29 is 4.74 Å². The van der Waals surface area contributed by atoms with Gasteiger partial charge in [0.1, 0.15) is 11.9 Å². The molecule has 1 unspecified atom stereocenters. The average Bonchev–Trinajstić information content (AvgIpc) is 2.51. The summed E-state index contributed by atoms with van der Waals surface area (Å²) in [7, 11) is 2.18. The van der Waals surface area contributed by atoms with Crippen molar-refractivity contribution in [2.75, 3.05) is 26.7 Å². The Morgan fingerprint density at radius 1 is 1.29 bits per heavy atom. The lowest BCUT2D eigenvalue weighted by atomic mass is 10.0. The molecule has 1 N–H and O–H groups in total. The molecule has 0 radical (unpaired) electrons. The van der Waals surface area contributed by atoms with Gasteiger partial charge in [0.25, 0.3) is 0 Å². The smallest absolute Gasteiger partial charge is 0.120 e. The molecule has 0 bridgehead atoms. The molecule has 0 amide bonds. The number of hydrogen-bond donors (Lipinski definition) is 1. The molecule has 1 heterocycles. The van der Waals surface area contributed by atoms with Crippen LogP contribution in [0.5, 0.6) is 5.75 Å². The molecule has 1 saturated heterocycles. The van der Waals surface area contributed by atoms with Crippen LogP contribution < -0.4 is 10.1 Å². The number of hydrogen-bond acceptors (Lipinski definition) is 3. The van der Waals surface area contributed by atoms with Crippen LogP contribution in [-0.4, -0.2) is 37.7 Å². The number of benzene rings is 1. The van der Waals surface area contributed by atoms with Gasteiger partial charge in [-0.15, -0.1) is 0 Å². The first-order valence-corrected chi connectivity index (χ1v) is 8.41. The van der Waals surface area contributed by atoms with Gasteiger partial charge in [-0.3, -0.25) is 0 Å². The van der Waals surface area contributed by atoms with Gasteiger partial charge in [0, 0.05) is 19.1 Å². The van der Waals surface area contributed by atoms with Gasteiger partial charge in [-0.05, 0) is 57.0 Å². The van der Waals surface area contributed by atoms with Crippen molar-refractivity contribution in [2.45, 2.75) is 51.7 Å². The fraction of sp³-hybridized carbons (Fsp3) is 0.667. The van der Waals surface area contributed by atoms with Crippen molar-refractivity contribution in [1.82, 2.24) is 10.2 Å². The molecule has 0 aliphatic carbocycles. The third-order valence-corrected chi connectivity index (χ3v) is 4.28. The maximum absolute atomic E-state index is 6.19. The first-order valence-electron chi connectivity index (χ1n) is 8.41. The molecule has 0 spiro atoms. The van der Waals surface area contributed by atoms with Gasteiger partial charge < -0.3 is 15.0 Å². The van der Waals surface area contributed by atoms with E-state index in [-0.39, 0.29) is 0 Å². The zero-order valence-electron chi connectivity index (χ0n) is 13.8. The van der Waals surface area contributed by atoms with Crippen LogP contribution in [-0.2, 0) is 0 Å². The quantitative estimate of drug-likeness (QED) is 0.830. The normalized spacial score (nSPS) is 18.6. The predicted octanol–water partition coefficient (Wildman–Crippen LogP) is 3.61. The summed E-state index contributed by atoms with van der Waals surface area (Å²) >= 11 is 0. The number of likely N-dealkylation sites (tertiary alicyclic amines) is 1. The minimum Gasteiger partial charge on any atom is -0.490 e. The Morgan fingerprint density at radius 3 is 2.71 bits per heavy atom. The molecule has 1 aliphatic rings. The van der Waals surface area contributed by atoms with E-state index in [1.54, 1.807) is 0 Å². The summed E-state index contributed by atoms with van der Waals surface area (Å²) in [6.45, 7) is 7.79. The highest BCUT2D eigenvalue weighted by Crippen LogP contribution is 2.24. The molecule has 1 aromatic carbocycles. The monoisotopic (exact) mass is 290 g/mol. The Bertz CT molecular complexity index is 413. The van der Waals surface area contributed by atoms with Crippen LogP contribution in [0.2, 0.25) is 0 Å². The summed E-state index contributed by atoms with van der Waals surface area (Å²) in [4.78, 5) is 2.37. The largest absolute Gasteiger partial charge is 0.490 e. The van der Waals surface area contributed by atoms with Gasteiger partial charge in [-0.25, -0.2) is 0 Å². The second-order valence-electron chi connectivity index (χ2n) is 6.11. The third-order valence-electron chi connectivity index (χ3n) is 4.28. The second kappa shape index (κ2) is 8.40. The second-order valence-corrected chi connectivity index (χ2v) is 6.11. The summed E-state index contributed by atoms with van der Waals surface area (Å²) in [6, 6.07) is 9.07. The van der Waals surface area contributed by atoms with Crippen LogP contribution in [0.25, 0.3) is 0 Å². The molecular weight excluding hydrogens is 260 g/mol. The molecule has 3 nitrogen and oxygen atoms in total. The van der Waals surface area contributed by atoms with Crippen molar-refractivity contribution in [3.05, 3.63) is 29.8 Å². The molecule has 21 heavy (non-hydrogen) atoms. The van der Waals surface area contributed by atoms with Crippen LogP contribution in [0.15, 0.2) is 24.3 Å². The third kappa shape index (κ3) is 5.01. The molecule has 1 aromatic rings. The van der Waals surface area contributed by atoms with Gasteiger partial charge in [0.2, 0.25) is 0 Å². The highest BCUT2D eigenvalue weighted by molar-refractivity contribution is 5.30. The maximum Gasteiger partial charge on any atom is 0.120 e. The topological polar surface area (TPSA) is 24.5 Å². The summed E-state index contributed by atoms with van der Waals surface area (Å²) in [5, 5.41) is 3.61. The molecule has 0 aromatic heterocycles. The van der Waals surface area contributed by atoms with E-state index in [9.17, 15) is 0 Å². The molecular formula is C18H30N2O. The maximum atomic E-state index is 6.19. The van der Waals surface area contributed by atoms with Gasteiger partial charge >= 0.3 is 0 Å². The van der Waals surface area contributed by atoms with E-state index in [1.807, 2.05) is 0 Å². The van der Waals surface area contributed by atoms with Gasteiger partial charge in [0.15, 0.2) is 0 Å². The zero-order chi connectivity index (χ0) is 15.1. The van der Waals surface area contributed by atoms with E-state index in [0.29, 0.717) is 12.1 Å². The van der Waals surface area contributed by atoms with E-state index in [4.69, 9.17) is 4.74 Å². The standard InChI is InChI=1S/C18H30N2O/c1-4-11-19-18(5-2)15-7-6-8-17(14-15)21-16-9-12-20(3)13-10-16/h6-8,14,16,18-19H,4-5,9-13H2,1-3H3. The van der Waals surface area contributed by atoms with Crippen molar-refractivity contribution in [1.29, 1.82) is 0 Å². The highest BCUT2D eigenvalue weighted by atomic mass is 16.5. The van der Waals surface area contributed by atoms with Gasteiger partial charge in [-0.2, -0.15) is 0 Å². The van der Waals surface area contributed by atoms with Gasteiger partial charge in [0.05, 0.1) is 0 Å². The molecule has 2 rings (SSSR count). The van der Waals surface area contributed by atoms with Gasteiger partial charge in [-0.1, -0.05) is 26.0 Å². The minimum atomic E-state index is 0.375. The SMILES string of the molecule is CCCNC(CC)c1cccc(OC2CCN(C)CC2)c1. The first kappa shape index (κ1) is 16.3. The summed E-state index contributed by atoms with van der Waals surface area (Å²) in [6.07, 6.45) is 4.91. The number of nitrogens with zero attached hydrogens (tertiary/aromatic N) is 1. The highest BCUT2D eigenvalue weighted by Gasteiger charge is 2.18. The van der Waals surface area contributed by atoms with E-state index in [1.165, 1.54) is 12.0 Å². The van der Waals surface area contributed by atoms with Crippen molar-refractivity contribution in [2.24, 2.45) is 0 Å². The Kier molecular flexibility index (Phi) is 6.52. The Morgan fingerprint density at radius 2 is 2.05 bits per heavy atom. The van der Waals surface area contributed by atoms with Crippen LogP contribution in [0.4, 0.5) is 0 Å². The number of rotatable bonds is 7. The minimum absolute atomic E-state index is 0.375. The first-order chi connectivity index (χ1) is 10.2. The lowest BCUT2D eigenvalue weighted by Crippen LogP contribution is -2.35. The number of nitrogens with one attached hydrogen (secondary N) is 1. The summed E-state index contributed by atoms with van der Waals surface area (Å²) < 4.78 is 6.19. The average molecular weight is 290 g/mol. The Hall–Kier alpha value is -1.06. The summed E-state index contributed by atoms with van der Waals surface area (Å²) in [5.74, 6) is 1.03. The molecule has 0 saturated carbocycles. The number of piperidine rings is 1. The van der Waals surface area contributed by atoms with Crippen LogP contribution in [0.1, 0.15) is 51.1 Å². The molecule has 3 heteroatoms. The lowest BCUT2D eigenvalue weighted by Gasteiger charge is -2.29. The molecule has 1 fully saturated rings. The van der Waals surface area contributed by atoms with Crippen LogP contribution in [0.3, 0.4) is 0 Å². The molecule has 1 aliphatic heterocycles. The van der Waals surface area contributed by atoms with Crippen molar-refractivity contribution >= 4 is 0 Å². The lowest BCUT2D eigenvalue weighted by molar-refractivity contribution is 0.114.